The zero-order valence-electron chi connectivity index (χ0n) is 9.87. The summed E-state index contributed by atoms with van der Waals surface area (Å²) < 4.78 is 0. The summed E-state index contributed by atoms with van der Waals surface area (Å²) in [5.41, 5.74) is 5.95. The third-order valence-corrected chi connectivity index (χ3v) is 3.20. The van der Waals surface area contributed by atoms with Crippen molar-refractivity contribution in [2.75, 3.05) is 11.9 Å². The van der Waals surface area contributed by atoms with Gasteiger partial charge >= 0.3 is 0 Å². The fourth-order valence-corrected chi connectivity index (χ4v) is 2.17. The monoisotopic (exact) mass is 235 g/mol. The molecule has 0 bridgehead atoms. The van der Waals surface area contributed by atoms with E-state index in [0.717, 1.165) is 0 Å². The fourth-order valence-electron chi connectivity index (χ4n) is 2.17. The van der Waals surface area contributed by atoms with E-state index in [2.05, 4.69) is 20.0 Å². The van der Waals surface area contributed by atoms with E-state index in [1.54, 1.807) is 12.3 Å². The molecule has 1 aromatic rings. The third-order valence-electron chi connectivity index (χ3n) is 3.20. The molecule has 0 amide bonds. The van der Waals surface area contributed by atoms with Crippen LogP contribution in [-0.2, 0) is 0 Å². The van der Waals surface area contributed by atoms with Crippen LogP contribution in [0.2, 0.25) is 0 Å². The van der Waals surface area contributed by atoms with Gasteiger partial charge in [-0.3, -0.25) is 0 Å². The topological polar surface area (TPSA) is 87.6 Å². The minimum atomic E-state index is 0.00784. The largest absolute Gasteiger partial charge is 0.409 e. The molecule has 0 spiro atoms. The Hall–Kier alpha value is -1.85. The number of amidine groups is 1. The average molecular weight is 235 g/mol. The van der Waals surface area contributed by atoms with Crippen molar-refractivity contribution in [1.29, 1.82) is 0 Å². The van der Waals surface area contributed by atoms with Gasteiger partial charge in [0.2, 0.25) is 5.95 Å². The van der Waals surface area contributed by atoms with Crippen LogP contribution in [0, 0.1) is 0 Å². The van der Waals surface area contributed by atoms with Gasteiger partial charge in [-0.1, -0.05) is 18.0 Å². The molecule has 92 valence electrons. The van der Waals surface area contributed by atoms with E-state index in [-0.39, 0.29) is 5.84 Å². The highest BCUT2D eigenvalue weighted by atomic mass is 16.4. The molecule has 1 heterocycles. The van der Waals surface area contributed by atoms with Crippen molar-refractivity contribution >= 4 is 11.8 Å². The standard InChI is InChI=1S/C11H17N5O/c1-16(8-4-2-3-5-8)11-13-7-6-9(14-11)10(12)15-17/h6-8,17H,2-5H2,1H3,(H2,12,15). The highest BCUT2D eigenvalue weighted by Gasteiger charge is 2.21. The quantitative estimate of drug-likeness (QED) is 0.352. The molecule has 6 heteroatoms. The molecule has 1 saturated carbocycles. The first-order valence-corrected chi connectivity index (χ1v) is 5.76. The van der Waals surface area contributed by atoms with Crippen molar-refractivity contribution in [2.24, 2.45) is 10.9 Å². The summed E-state index contributed by atoms with van der Waals surface area (Å²) >= 11 is 0. The molecule has 0 aliphatic heterocycles. The van der Waals surface area contributed by atoms with Crippen LogP contribution in [-0.4, -0.2) is 34.1 Å². The van der Waals surface area contributed by atoms with Gasteiger partial charge in [0.25, 0.3) is 0 Å². The second kappa shape index (κ2) is 4.99. The van der Waals surface area contributed by atoms with E-state index in [1.807, 2.05) is 7.05 Å². The lowest BCUT2D eigenvalue weighted by Gasteiger charge is -2.24. The molecule has 1 fully saturated rings. The fraction of sp³-hybridized carbons (Fsp3) is 0.545. The summed E-state index contributed by atoms with van der Waals surface area (Å²) in [6, 6.07) is 2.12. The number of anilines is 1. The minimum Gasteiger partial charge on any atom is -0.409 e. The Morgan fingerprint density at radius 3 is 2.88 bits per heavy atom. The maximum absolute atomic E-state index is 8.62. The second-order valence-electron chi connectivity index (χ2n) is 4.28. The first kappa shape index (κ1) is 11.6. The molecular weight excluding hydrogens is 218 g/mol. The van der Waals surface area contributed by atoms with Crippen LogP contribution in [0.3, 0.4) is 0 Å². The lowest BCUT2D eigenvalue weighted by atomic mass is 10.2. The summed E-state index contributed by atoms with van der Waals surface area (Å²) in [6.07, 6.45) is 6.49. The van der Waals surface area contributed by atoms with Gasteiger partial charge in [0.1, 0.15) is 5.69 Å². The van der Waals surface area contributed by atoms with Crippen LogP contribution in [0.1, 0.15) is 31.4 Å². The molecule has 6 nitrogen and oxygen atoms in total. The van der Waals surface area contributed by atoms with E-state index in [0.29, 0.717) is 17.7 Å². The van der Waals surface area contributed by atoms with Crippen LogP contribution in [0.5, 0.6) is 0 Å². The van der Waals surface area contributed by atoms with Crippen LogP contribution in [0.15, 0.2) is 17.4 Å². The van der Waals surface area contributed by atoms with E-state index in [1.165, 1.54) is 25.7 Å². The zero-order chi connectivity index (χ0) is 12.3. The maximum atomic E-state index is 8.62. The molecule has 0 unspecified atom stereocenters. The van der Waals surface area contributed by atoms with Crippen LogP contribution in [0.4, 0.5) is 5.95 Å². The van der Waals surface area contributed by atoms with Gasteiger partial charge in [-0.05, 0) is 18.9 Å². The highest BCUT2D eigenvalue weighted by molar-refractivity contribution is 5.95. The smallest absolute Gasteiger partial charge is 0.225 e. The molecule has 0 aromatic carbocycles. The first-order valence-electron chi connectivity index (χ1n) is 5.76. The Labute approximate surface area is 100 Å². The van der Waals surface area contributed by atoms with Crippen LogP contribution in [0.25, 0.3) is 0 Å². The molecule has 0 saturated heterocycles. The van der Waals surface area contributed by atoms with Crippen molar-refractivity contribution in [1.82, 2.24) is 9.97 Å². The maximum Gasteiger partial charge on any atom is 0.225 e. The summed E-state index contributed by atoms with van der Waals surface area (Å²) in [5.74, 6) is 0.634. The number of hydrogen-bond donors (Lipinski definition) is 2. The molecule has 1 aliphatic rings. The summed E-state index contributed by atoms with van der Waals surface area (Å²) in [4.78, 5) is 10.6. The normalized spacial score (nSPS) is 17.4. The van der Waals surface area contributed by atoms with E-state index in [9.17, 15) is 0 Å². The summed E-state index contributed by atoms with van der Waals surface area (Å²) in [5, 5.41) is 11.6. The summed E-state index contributed by atoms with van der Waals surface area (Å²) in [6.45, 7) is 0. The van der Waals surface area contributed by atoms with Gasteiger partial charge in [-0.2, -0.15) is 0 Å². The minimum absolute atomic E-state index is 0.00784. The lowest BCUT2D eigenvalue weighted by molar-refractivity contribution is 0.318. The molecule has 2 rings (SSSR count). The van der Waals surface area contributed by atoms with Gasteiger partial charge in [0.15, 0.2) is 5.84 Å². The van der Waals surface area contributed by atoms with Crippen LogP contribution >= 0.6 is 0 Å². The zero-order valence-corrected chi connectivity index (χ0v) is 9.87. The van der Waals surface area contributed by atoms with E-state index >= 15 is 0 Å². The number of nitrogens with zero attached hydrogens (tertiary/aromatic N) is 4. The van der Waals surface area contributed by atoms with Crippen molar-refractivity contribution in [2.45, 2.75) is 31.7 Å². The first-order chi connectivity index (χ1) is 8.22. The molecule has 0 radical (unpaired) electrons. The summed E-state index contributed by atoms with van der Waals surface area (Å²) in [7, 11) is 1.99. The molecule has 17 heavy (non-hydrogen) atoms. The Balaban J connectivity index is 2.20. The average Bonchev–Trinajstić information content (AvgIpc) is 2.91. The van der Waals surface area contributed by atoms with Crippen molar-refractivity contribution in [3.63, 3.8) is 0 Å². The Morgan fingerprint density at radius 1 is 1.53 bits per heavy atom. The van der Waals surface area contributed by atoms with Gasteiger partial charge in [0.05, 0.1) is 0 Å². The lowest BCUT2D eigenvalue weighted by Crippen LogP contribution is -2.31. The number of oxime groups is 1. The number of aromatic nitrogens is 2. The second-order valence-corrected chi connectivity index (χ2v) is 4.28. The highest BCUT2D eigenvalue weighted by Crippen LogP contribution is 2.24. The third kappa shape index (κ3) is 2.46. The SMILES string of the molecule is CN(c1nccc(/C(N)=N/O)n1)C1CCCC1. The van der Waals surface area contributed by atoms with Crippen molar-refractivity contribution < 1.29 is 5.21 Å². The number of rotatable bonds is 3. The van der Waals surface area contributed by atoms with Crippen molar-refractivity contribution in [3.05, 3.63) is 18.0 Å². The van der Waals surface area contributed by atoms with Gasteiger partial charge in [-0.25, -0.2) is 9.97 Å². The number of hydrogen-bond acceptors (Lipinski definition) is 5. The van der Waals surface area contributed by atoms with E-state index < -0.39 is 0 Å². The molecule has 3 N–H and O–H groups in total. The Morgan fingerprint density at radius 2 is 2.24 bits per heavy atom. The molecule has 1 aliphatic carbocycles. The Kier molecular flexibility index (Phi) is 3.41. The molecular formula is C11H17N5O. The van der Waals surface area contributed by atoms with Gasteiger partial charge in [0, 0.05) is 19.3 Å². The number of nitrogens with two attached hydrogens (primary N) is 1. The van der Waals surface area contributed by atoms with Crippen LogP contribution < -0.4 is 10.6 Å². The molecule has 0 atom stereocenters. The predicted octanol–water partition coefficient (Wildman–Crippen LogP) is 0.950. The predicted molar refractivity (Wildman–Crippen MR) is 65.2 cm³/mol. The van der Waals surface area contributed by atoms with Crippen molar-refractivity contribution in [3.8, 4) is 0 Å². The van der Waals surface area contributed by atoms with E-state index in [4.69, 9.17) is 10.9 Å². The Bertz CT molecular complexity index is 414. The molecule has 1 aromatic heterocycles. The van der Waals surface area contributed by atoms with Gasteiger partial charge in [-0.15, -0.1) is 0 Å². The van der Waals surface area contributed by atoms with Gasteiger partial charge < -0.3 is 15.8 Å².